The Bertz CT molecular complexity index is 1050. The number of anilines is 1. The van der Waals surface area contributed by atoms with Crippen molar-refractivity contribution in [3.63, 3.8) is 0 Å². The molecule has 0 spiro atoms. The number of H-pyrrole nitrogens is 1. The van der Waals surface area contributed by atoms with Crippen molar-refractivity contribution in [2.75, 3.05) is 17.2 Å². The molecule has 0 fully saturated rings. The Morgan fingerprint density at radius 1 is 1.18 bits per heavy atom. The number of para-hydroxylation sites is 1. The topological polar surface area (TPSA) is 59.9 Å². The van der Waals surface area contributed by atoms with Crippen molar-refractivity contribution >= 4 is 34.1 Å². The normalized spacial score (nSPS) is 16.2. The van der Waals surface area contributed by atoms with E-state index in [1.165, 1.54) is 10.9 Å². The van der Waals surface area contributed by atoms with E-state index in [1.807, 2.05) is 30.5 Å². The van der Waals surface area contributed by atoms with E-state index in [0.29, 0.717) is 11.3 Å². The number of nitrogens with zero attached hydrogens (tertiary/aromatic N) is 2. The highest BCUT2D eigenvalue weighted by atomic mass is 32.2. The first-order valence-corrected chi connectivity index (χ1v) is 10.5. The van der Waals surface area contributed by atoms with Gasteiger partial charge >= 0.3 is 0 Å². The van der Waals surface area contributed by atoms with E-state index < -0.39 is 0 Å². The maximum absolute atomic E-state index is 12.9. The minimum absolute atomic E-state index is 0.145. The maximum atomic E-state index is 12.9. The van der Waals surface area contributed by atoms with Gasteiger partial charge in [0, 0.05) is 35.1 Å². The summed E-state index contributed by atoms with van der Waals surface area (Å²) in [5.41, 5.74) is 3.99. The van der Waals surface area contributed by atoms with Crippen LogP contribution in [0.2, 0.25) is 0 Å². The average Bonchev–Trinajstić information content (AvgIpc) is 3.17. The smallest absolute Gasteiger partial charge is 0.165 e. The van der Waals surface area contributed by atoms with Gasteiger partial charge < -0.3 is 9.88 Å². The Labute approximate surface area is 168 Å². The van der Waals surface area contributed by atoms with Crippen LogP contribution in [0.15, 0.2) is 66.9 Å². The molecule has 28 heavy (non-hydrogen) atoms. The highest BCUT2D eigenvalue weighted by molar-refractivity contribution is 7.99. The fourth-order valence-corrected chi connectivity index (χ4v) is 4.55. The number of nitrogens with one attached hydrogen (secondary N) is 1. The lowest BCUT2D eigenvalue weighted by Crippen LogP contribution is -2.44. The molecule has 5 heteroatoms. The molecule has 3 aromatic rings. The third-order valence-corrected chi connectivity index (χ3v) is 6.08. The maximum Gasteiger partial charge on any atom is 0.165 e. The second-order valence-electron chi connectivity index (χ2n) is 6.85. The molecular weight excluding hydrogens is 366 g/mol. The average molecular weight is 388 g/mol. The molecule has 4 nitrogen and oxygen atoms in total. The SMILES string of the molecule is N#Cc1ccc(N2CC=CCC2C(=O)CSCc2c[nH]c3ccccc23)cc1. The largest absolute Gasteiger partial charge is 0.361 e. The number of nitriles is 1. The van der Waals surface area contributed by atoms with Crippen molar-refractivity contribution in [2.24, 2.45) is 0 Å². The molecule has 1 aliphatic heterocycles. The first-order chi connectivity index (χ1) is 13.8. The summed E-state index contributed by atoms with van der Waals surface area (Å²) in [4.78, 5) is 18.4. The Morgan fingerprint density at radius 2 is 2.00 bits per heavy atom. The van der Waals surface area contributed by atoms with Gasteiger partial charge in [-0.3, -0.25) is 4.79 Å². The van der Waals surface area contributed by atoms with Gasteiger partial charge in [-0.25, -0.2) is 0 Å². The second-order valence-corrected chi connectivity index (χ2v) is 7.84. The number of fused-ring (bicyclic) bond motifs is 1. The van der Waals surface area contributed by atoms with Crippen LogP contribution in [-0.2, 0) is 10.5 Å². The van der Waals surface area contributed by atoms with E-state index in [0.717, 1.165) is 29.9 Å². The lowest BCUT2D eigenvalue weighted by molar-refractivity contribution is -0.117. The van der Waals surface area contributed by atoms with Crippen molar-refractivity contribution in [1.29, 1.82) is 5.26 Å². The van der Waals surface area contributed by atoms with Crippen LogP contribution in [0.4, 0.5) is 5.69 Å². The zero-order valence-electron chi connectivity index (χ0n) is 15.5. The third-order valence-electron chi connectivity index (χ3n) is 5.08. The van der Waals surface area contributed by atoms with E-state index in [9.17, 15) is 4.79 Å². The van der Waals surface area contributed by atoms with Crippen molar-refractivity contribution in [3.8, 4) is 6.07 Å². The van der Waals surface area contributed by atoms with Crippen LogP contribution < -0.4 is 4.90 Å². The summed E-state index contributed by atoms with van der Waals surface area (Å²) in [5.74, 6) is 1.55. The summed E-state index contributed by atoms with van der Waals surface area (Å²) in [6.45, 7) is 0.718. The Kier molecular flexibility index (Phi) is 5.50. The fourth-order valence-electron chi connectivity index (χ4n) is 3.59. The lowest BCUT2D eigenvalue weighted by Gasteiger charge is -2.34. The summed E-state index contributed by atoms with van der Waals surface area (Å²) in [7, 11) is 0. The van der Waals surface area contributed by atoms with Gasteiger partial charge in [-0.15, -0.1) is 11.8 Å². The highest BCUT2D eigenvalue weighted by Gasteiger charge is 2.26. The predicted octanol–water partition coefficient (Wildman–Crippen LogP) is 4.68. The summed E-state index contributed by atoms with van der Waals surface area (Å²) in [6.07, 6.45) is 6.95. The van der Waals surface area contributed by atoms with Crippen molar-refractivity contribution in [3.05, 3.63) is 78.0 Å². The molecular formula is C23H21N3OS. The van der Waals surface area contributed by atoms with Crippen LogP contribution in [0.5, 0.6) is 0 Å². The minimum atomic E-state index is -0.145. The molecule has 1 N–H and O–H groups in total. The zero-order chi connectivity index (χ0) is 19.3. The van der Waals surface area contributed by atoms with Crippen molar-refractivity contribution in [2.45, 2.75) is 18.2 Å². The molecule has 0 bridgehead atoms. The van der Waals surface area contributed by atoms with Crippen LogP contribution >= 0.6 is 11.8 Å². The summed E-state index contributed by atoms with van der Waals surface area (Å²) in [6, 6.07) is 17.7. The molecule has 2 heterocycles. The number of hydrogen-bond acceptors (Lipinski definition) is 4. The molecule has 1 unspecified atom stereocenters. The first-order valence-electron chi connectivity index (χ1n) is 9.33. The first kappa shape index (κ1) is 18.4. The standard InChI is InChI=1S/C23H21N3OS/c24-13-17-8-10-19(11-9-17)26-12-4-3-7-22(26)23(27)16-28-15-18-14-25-21-6-2-1-5-20(18)21/h1-6,8-11,14,22,25H,7,12,15-16H2. The number of aromatic amines is 1. The number of benzene rings is 2. The summed E-state index contributed by atoms with van der Waals surface area (Å²) in [5, 5.41) is 10.2. The molecule has 0 radical (unpaired) electrons. The molecule has 0 aliphatic carbocycles. The number of aromatic nitrogens is 1. The number of rotatable bonds is 6. The lowest BCUT2D eigenvalue weighted by atomic mass is 10.0. The summed E-state index contributed by atoms with van der Waals surface area (Å²) >= 11 is 1.67. The van der Waals surface area contributed by atoms with E-state index >= 15 is 0 Å². The minimum Gasteiger partial charge on any atom is -0.361 e. The molecule has 0 saturated heterocycles. The van der Waals surface area contributed by atoms with Crippen LogP contribution in [-0.4, -0.2) is 29.1 Å². The van der Waals surface area contributed by atoms with E-state index in [2.05, 4.69) is 40.2 Å². The monoisotopic (exact) mass is 387 g/mol. The van der Waals surface area contributed by atoms with Gasteiger partial charge in [0.1, 0.15) is 0 Å². The number of carbonyl (C=O) groups is 1. The van der Waals surface area contributed by atoms with E-state index in [1.54, 1.807) is 23.9 Å². The van der Waals surface area contributed by atoms with Gasteiger partial charge in [-0.1, -0.05) is 30.4 Å². The van der Waals surface area contributed by atoms with Crippen LogP contribution in [0.25, 0.3) is 10.9 Å². The predicted molar refractivity (Wildman–Crippen MR) is 116 cm³/mol. The fraction of sp³-hybridized carbons (Fsp3) is 0.217. The van der Waals surface area contributed by atoms with E-state index in [4.69, 9.17) is 5.26 Å². The van der Waals surface area contributed by atoms with Crippen LogP contribution in [0, 0.1) is 11.3 Å². The van der Waals surface area contributed by atoms with Crippen LogP contribution in [0.1, 0.15) is 17.5 Å². The van der Waals surface area contributed by atoms with Gasteiger partial charge in [0.05, 0.1) is 23.4 Å². The van der Waals surface area contributed by atoms with Gasteiger partial charge in [-0.05, 0) is 42.3 Å². The van der Waals surface area contributed by atoms with Crippen molar-refractivity contribution < 1.29 is 4.79 Å². The van der Waals surface area contributed by atoms with Crippen molar-refractivity contribution in [1.82, 2.24) is 4.98 Å². The Morgan fingerprint density at radius 3 is 2.82 bits per heavy atom. The molecule has 140 valence electrons. The number of hydrogen-bond donors (Lipinski definition) is 1. The molecule has 0 saturated carbocycles. The molecule has 0 amide bonds. The Balaban J connectivity index is 1.41. The second kappa shape index (κ2) is 8.37. The summed E-state index contributed by atoms with van der Waals surface area (Å²) < 4.78 is 0. The molecule has 2 aromatic carbocycles. The highest BCUT2D eigenvalue weighted by Crippen LogP contribution is 2.26. The van der Waals surface area contributed by atoms with Gasteiger partial charge in [0.2, 0.25) is 0 Å². The third kappa shape index (κ3) is 3.83. The van der Waals surface area contributed by atoms with Gasteiger partial charge in [0.25, 0.3) is 0 Å². The Hall–Kier alpha value is -2.97. The van der Waals surface area contributed by atoms with E-state index in [-0.39, 0.29) is 11.8 Å². The number of Topliss-reactive ketones (excluding diaryl/α,β-unsaturated/α-hetero) is 1. The zero-order valence-corrected chi connectivity index (χ0v) is 16.3. The quantitative estimate of drug-likeness (QED) is 0.624. The number of thioether (sulfide) groups is 1. The van der Waals surface area contributed by atoms with Gasteiger partial charge in [-0.2, -0.15) is 5.26 Å². The number of ketones is 1. The van der Waals surface area contributed by atoms with Gasteiger partial charge in [0.15, 0.2) is 5.78 Å². The molecule has 1 aromatic heterocycles. The molecule has 1 aliphatic rings. The molecule has 1 atom stereocenters. The number of carbonyl (C=O) groups excluding carboxylic acids is 1. The molecule has 4 rings (SSSR count). The van der Waals surface area contributed by atoms with Crippen LogP contribution in [0.3, 0.4) is 0 Å².